The van der Waals surface area contributed by atoms with Crippen LogP contribution in [-0.4, -0.2) is 12.3 Å². The van der Waals surface area contributed by atoms with Gasteiger partial charge in [0.1, 0.15) is 0 Å². The number of unbranched alkanes of at least 4 members (excludes halogenated alkanes) is 4. The molecule has 0 aromatic carbocycles. The summed E-state index contributed by atoms with van der Waals surface area (Å²) in [6.45, 7) is 4.14. The number of hydrogen-bond acceptors (Lipinski definition) is 5. The van der Waals surface area contributed by atoms with Crippen molar-refractivity contribution in [3.63, 3.8) is 0 Å². The van der Waals surface area contributed by atoms with E-state index in [0.717, 1.165) is 38.5 Å². The molecule has 1 heterocycles. The second kappa shape index (κ2) is 8.15. The first-order valence-electron chi connectivity index (χ1n) is 6.55. The van der Waals surface area contributed by atoms with Crippen LogP contribution in [0.15, 0.2) is 0 Å². The lowest BCUT2D eigenvalue weighted by Gasteiger charge is -2.28. The molecule has 1 fully saturated rings. The van der Waals surface area contributed by atoms with E-state index in [1.54, 1.807) is 0 Å². The molecule has 0 spiro atoms. The van der Waals surface area contributed by atoms with Crippen molar-refractivity contribution in [1.82, 2.24) is 0 Å². The molecule has 1 aliphatic rings. The minimum atomic E-state index is -3.19. The maximum atomic E-state index is 12.3. The van der Waals surface area contributed by atoms with Gasteiger partial charge in [-0.1, -0.05) is 39.5 Å². The highest BCUT2D eigenvalue weighted by Crippen LogP contribution is 2.74. The summed E-state index contributed by atoms with van der Waals surface area (Å²) in [5.74, 6) is 0. The van der Waals surface area contributed by atoms with Crippen molar-refractivity contribution in [2.75, 3.05) is 12.3 Å². The summed E-state index contributed by atoms with van der Waals surface area (Å²) < 4.78 is 39.9. The fourth-order valence-corrected chi connectivity index (χ4v) is 7.97. The van der Waals surface area contributed by atoms with Crippen molar-refractivity contribution in [3.8, 4) is 0 Å². The standard InChI is InChI=1S/C10H23O5P3/c1-3-5-7-9-17(11)13-16-14-18(12,15-17)10-8-6-4-2/h16H,3-10H2,1-2H3. The van der Waals surface area contributed by atoms with Crippen LogP contribution in [-0.2, 0) is 22.1 Å². The van der Waals surface area contributed by atoms with Gasteiger partial charge in [0.15, 0.2) is 9.03 Å². The van der Waals surface area contributed by atoms with Crippen molar-refractivity contribution in [2.24, 2.45) is 0 Å². The monoisotopic (exact) mass is 316 g/mol. The van der Waals surface area contributed by atoms with Gasteiger partial charge in [0.25, 0.3) is 0 Å². The Morgan fingerprint density at radius 3 is 1.67 bits per heavy atom. The van der Waals surface area contributed by atoms with Crippen molar-refractivity contribution >= 4 is 24.2 Å². The smallest absolute Gasteiger partial charge is 0.259 e. The Balaban J connectivity index is 2.48. The van der Waals surface area contributed by atoms with Crippen LogP contribution in [0, 0.1) is 0 Å². The maximum Gasteiger partial charge on any atom is 0.342 e. The highest BCUT2D eigenvalue weighted by molar-refractivity contribution is 7.74. The first kappa shape index (κ1) is 16.8. The summed E-state index contributed by atoms with van der Waals surface area (Å²) in [4.78, 5) is 0. The fraction of sp³-hybridized carbons (Fsp3) is 1.00. The van der Waals surface area contributed by atoms with Gasteiger partial charge in [0.2, 0.25) is 0 Å². The molecule has 0 N–H and O–H groups in total. The lowest BCUT2D eigenvalue weighted by atomic mass is 10.3. The summed E-state index contributed by atoms with van der Waals surface area (Å²) in [5, 5.41) is 0. The van der Waals surface area contributed by atoms with Crippen LogP contribution in [0.5, 0.6) is 0 Å². The first-order chi connectivity index (χ1) is 8.54. The molecule has 0 aromatic rings. The molecule has 8 heteroatoms. The lowest BCUT2D eigenvalue weighted by Crippen LogP contribution is -2.04. The van der Waals surface area contributed by atoms with Crippen LogP contribution in [0.2, 0.25) is 0 Å². The van der Waals surface area contributed by atoms with E-state index >= 15 is 0 Å². The van der Waals surface area contributed by atoms with E-state index in [1.165, 1.54) is 0 Å². The molecule has 5 nitrogen and oxygen atoms in total. The van der Waals surface area contributed by atoms with E-state index in [2.05, 4.69) is 13.8 Å². The number of rotatable bonds is 8. The summed E-state index contributed by atoms with van der Waals surface area (Å²) in [6, 6.07) is 0. The third kappa shape index (κ3) is 5.82. The molecule has 2 atom stereocenters. The molecule has 18 heavy (non-hydrogen) atoms. The van der Waals surface area contributed by atoms with Gasteiger partial charge in [0.05, 0.1) is 12.3 Å². The van der Waals surface area contributed by atoms with E-state index in [0.29, 0.717) is 12.3 Å². The summed E-state index contributed by atoms with van der Waals surface area (Å²) in [7, 11) is -6.80. The quantitative estimate of drug-likeness (QED) is 0.447. The molecule has 1 aliphatic heterocycles. The van der Waals surface area contributed by atoms with Gasteiger partial charge in [-0.25, -0.2) is 4.31 Å². The molecule has 2 unspecified atom stereocenters. The predicted molar refractivity (Wildman–Crippen MR) is 75.6 cm³/mol. The summed E-state index contributed by atoms with van der Waals surface area (Å²) >= 11 is 0. The summed E-state index contributed by atoms with van der Waals surface area (Å²) in [6.07, 6.45) is 6.24. The third-order valence-electron chi connectivity index (χ3n) is 2.67. The van der Waals surface area contributed by atoms with Crippen LogP contribution in [0.4, 0.5) is 0 Å². The van der Waals surface area contributed by atoms with Gasteiger partial charge in [-0.3, -0.25) is 17.8 Å². The Kier molecular flexibility index (Phi) is 7.61. The van der Waals surface area contributed by atoms with Crippen molar-refractivity contribution < 1.29 is 22.1 Å². The van der Waals surface area contributed by atoms with Gasteiger partial charge in [-0.05, 0) is 12.8 Å². The second-order valence-electron chi connectivity index (χ2n) is 4.43. The Morgan fingerprint density at radius 2 is 1.28 bits per heavy atom. The molecule has 0 aromatic heterocycles. The molecule has 0 bridgehead atoms. The molecule has 0 aliphatic carbocycles. The van der Waals surface area contributed by atoms with Crippen LogP contribution in [0.25, 0.3) is 0 Å². The van der Waals surface area contributed by atoms with Crippen LogP contribution in [0.3, 0.4) is 0 Å². The Bertz CT molecular complexity index is 303. The molecular weight excluding hydrogens is 293 g/mol. The zero-order valence-corrected chi connectivity index (χ0v) is 13.9. The highest BCUT2D eigenvalue weighted by Gasteiger charge is 2.41. The first-order valence-corrected chi connectivity index (χ1v) is 10.8. The molecule has 0 radical (unpaired) electrons. The van der Waals surface area contributed by atoms with Gasteiger partial charge in [0, 0.05) is 0 Å². The SMILES string of the molecule is CCCCCP1(=O)OPOP(=O)(CCCCC)O1. The van der Waals surface area contributed by atoms with E-state index in [-0.39, 0.29) is 0 Å². The van der Waals surface area contributed by atoms with Crippen molar-refractivity contribution in [3.05, 3.63) is 0 Å². The van der Waals surface area contributed by atoms with Gasteiger partial charge < -0.3 is 0 Å². The molecular formula is C10H23O5P3. The van der Waals surface area contributed by atoms with Crippen molar-refractivity contribution in [1.29, 1.82) is 0 Å². The fourth-order valence-electron chi connectivity index (χ4n) is 1.64. The van der Waals surface area contributed by atoms with Gasteiger partial charge in [-0.2, -0.15) is 0 Å². The molecule has 1 rings (SSSR count). The number of hydrogen-bond donors (Lipinski definition) is 0. The zero-order valence-electron chi connectivity index (χ0n) is 11.1. The zero-order chi connectivity index (χ0) is 13.5. The van der Waals surface area contributed by atoms with E-state index in [1.807, 2.05) is 0 Å². The summed E-state index contributed by atoms with van der Waals surface area (Å²) in [5.41, 5.74) is 0. The van der Waals surface area contributed by atoms with Gasteiger partial charge >= 0.3 is 15.2 Å². The van der Waals surface area contributed by atoms with E-state index in [9.17, 15) is 9.13 Å². The highest BCUT2D eigenvalue weighted by atomic mass is 31.3. The lowest BCUT2D eigenvalue weighted by molar-refractivity contribution is 0.316. The average Bonchev–Trinajstić information content (AvgIpc) is 2.29. The van der Waals surface area contributed by atoms with Crippen LogP contribution < -0.4 is 0 Å². The third-order valence-corrected chi connectivity index (χ3v) is 9.21. The van der Waals surface area contributed by atoms with Crippen LogP contribution in [0.1, 0.15) is 52.4 Å². The van der Waals surface area contributed by atoms with Gasteiger partial charge in [-0.15, -0.1) is 0 Å². The molecule has 0 amide bonds. The van der Waals surface area contributed by atoms with Crippen molar-refractivity contribution in [2.45, 2.75) is 52.4 Å². The minimum Gasteiger partial charge on any atom is -0.259 e. The largest absolute Gasteiger partial charge is 0.342 e. The van der Waals surface area contributed by atoms with E-state index in [4.69, 9.17) is 12.9 Å². The predicted octanol–water partition coefficient (Wildman–Crippen LogP) is 5.32. The normalized spacial score (nSPS) is 33.9. The van der Waals surface area contributed by atoms with E-state index < -0.39 is 24.2 Å². The molecule has 108 valence electrons. The Hall–Kier alpha value is 0.770. The van der Waals surface area contributed by atoms with Crippen LogP contribution >= 0.6 is 24.2 Å². The molecule has 1 saturated heterocycles. The average molecular weight is 316 g/mol. The molecule has 0 saturated carbocycles. The second-order valence-corrected chi connectivity index (χ2v) is 10.0. The topological polar surface area (TPSA) is 61.8 Å². The maximum absolute atomic E-state index is 12.3. The Labute approximate surface area is 111 Å². The minimum absolute atomic E-state index is 0.342. The Morgan fingerprint density at radius 1 is 0.833 bits per heavy atom.